The molecule has 26 heavy (non-hydrogen) atoms. The van der Waals surface area contributed by atoms with Gasteiger partial charge in [0, 0.05) is 5.56 Å². The third-order valence-electron chi connectivity index (χ3n) is 3.40. The molecule has 0 aliphatic carbocycles. The summed E-state index contributed by atoms with van der Waals surface area (Å²) in [4.78, 5) is 12.0. The Balaban J connectivity index is 2.15. The van der Waals surface area contributed by atoms with Crippen molar-refractivity contribution >= 4 is 17.9 Å². The van der Waals surface area contributed by atoms with Gasteiger partial charge in [-0.1, -0.05) is 30.3 Å². The van der Waals surface area contributed by atoms with Crippen LogP contribution in [0.25, 0.3) is 12.2 Å². The summed E-state index contributed by atoms with van der Waals surface area (Å²) < 4.78 is 39.8. The van der Waals surface area contributed by atoms with Crippen LogP contribution in [0.3, 0.4) is 0 Å². The van der Waals surface area contributed by atoms with Crippen LogP contribution in [-0.2, 0) is 4.79 Å². The molecular weight excluding hydrogens is 342 g/mol. The van der Waals surface area contributed by atoms with Gasteiger partial charge in [-0.3, -0.25) is 4.79 Å². The predicted octanol–water partition coefficient (Wildman–Crippen LogP) is 4.60. The second kappa shape index (κ2) is 9.36. The number of carbonyl (C=O) groups excluding carboxylic acids is 1. The molecule has 0 heterocycles. The largest absolute Gasteiger partial charge is 0.497 e. The van der Waals surface area contributed by atoms with E-state index in [2.05, 4.69) is 4.74 Å². The smallest absolute Gasteiger partial charge is 0.387 e. The minimum Gasteiger partial charge on any atom is -0.497 e. The maximum Gasteiger partial charge on any atom is 0.387 e. The first-order valence-electron chi connectivity index (χ1n) is 7.69. The van der Waals surface area contributed by atoms with Gasteiger partial charge in [0.2, 0.25) is 0 Å². The molecule has 0 saturated carbocycles. The molecule has 0 fully saturated rings. The van der Waals surface area contributed by atoms with Crippen LogP contribution >= 0.6 is 0 Å². The number of rotatable bonds is 8. The van der Waals surface area contributed by atoms with Crippen molar-refractivity contribution in [2.45, 2.75) is 6.61 Å². The molecule has 2 aromatic carbocycles. The lowest BCUT2D eigenvalue weighted by molar-refractivity contribution is -0.110. The first-order valence-corrected chi connectivity index (χ1v) is 7.69. The molecule has 0 amide bonds. The van der Waals surface area contributed by atoms with E-state index in [0.29, 0.717) is 11.3 Å². The Bertz CT molecular complexity index is 813. The lowest BCUT2D eigenvalue weighted by Gasteiger charge is -2.12. The lowest BCUT2D eigenvalue weighted by atomic mass is 10.1. The van der Waals surface area contributed by atoms with E-state index in [1.807, 2.05) is 12.1 Å². The van der Waals surface area contributed by atoms with Crippen LogP contribution in [0.15, 0.2) is 54.6 Å². The molecule has 4 nitrogen and oxygen atoms in total. The molecule has 136 valence electrons. The molecular formula is C20H18F2O4. The highest BCUT2D eigenvalue weighted by molar-refractivity contribution is 6.04. The van der Waals surface area contributed by atoms with Crippen molar-refractivity contribution in [3.05, 3.63) is 65.7 Å². The number of methoxy groups -OCH3 is 2. The maximum atomic E-state index is 12.6. The second-order valence-corrected chi connectivity index (χ2v) is 5.10. The Morgan fingerprint density at radius 1 is 1.00 bits per heavy atom. The Morgan fingerprint density at radius 2 is 1.73 bits per heavy atom. The summed E-state index contributed by atoms with van der Waals surface area (Å²) in [6.07, 6.45) is 5.68. The highest BCUT2D eigenvalue weighted by Gasteiger charge is 2.13. The van der Waals surface area contributed by atoms with Crippen molar-refractivity contribution in [2.75, 3.05) is 14.2 Å². The summed E-state index contributed by atoms with van der Waals surface area (Å²) in [7, 11) is 2.91. The molecule has 0 aliphatic heterocycles. The zero-order valence-electron chi connectivity index (χ0n) is 14.3. The van der Waals surface area contributed by atoms with Gasteiger partial charge in [-0.05, 0) is 42.0 Å². The summed E-state index contributed by atoms with van der Waals surface area (Å²) in [5, 5.41) is 0. The van der Waals surface area contributed by atoms with Crippen molar-refractivity contribution in [1.82, 2.24) is 0 Å². The molecule has 0 N–H and O–H groups in total. The van der Waals surface area contributed by atoms with Gasteiger partial charge < -0.3 is 14.2 Å². The first-order chi connectivity index (χ1) is 12.5. The third-order valence-corrected chi connectivity index (χ3v) is 3.40. The zero-order chi connectivity index (χ0) is 18.9. The van der Waals surface area contributed by atoms with Gasteiger partial charge in [-0.15, -0.1) is 0 Å². The van der Waals surface area contributed by atoms with E-state index in [9.17, 15) is 13.6 Å². The predicted molar refractivity (Wildman–Crippen MR) is 95.7 cm³/mol. The molecule has 0 bridgehead atoms. The van der Waals surface area contributed by atoms with Gasteiger partial charge in [0.15, 0.2) is 17.3 Å². The molecule has 6 heteroatoms. The first kappa shape index (κ1) is 19.2. The van der Waals surface area contributed by atoms with Crippen molar-refractivity contribution < 1.29 is 27.8 Å². The van der Waals surface area contributed by atoms with Crippen molar-refractivity contribution in [3.63, 3.8) is 0 Å². The number of halogens is 2. The summed E-state index contributed by atoms with van der Waals surface area (Å²) in [5.41, 5.74) is 1.11. The zero-order valence-corrected chi connectivity index (χ0v) is 14.3. The summed E-state index contributed by atoms with van der Waals surface area (Å²) in [6, 6.07) is 11.9. The number of hydrogen-bond donors (Lipinski definition) is 0. The van der Waals surface area contributed by atoms with E-state index in [1.54, 1.807) is 37.5 Å². The van der Waals surface area contributed by atoms with E-state index in [0.717, 1.165) is 5.56 Å². The minimum atomic E-state index is -3.00. The fourth-order valence-corrected chi connectivity index (χ4v) is 2.19. The Morgan fingerprint density at radius 3 is 2.42 bits per heavy atom. The molecule has 2 aromatic rings. The van der Waals surface area contributed by atoms with E-state index >= 15 is 0 Å². The SMILES string of the molecule is COc1cccc(/C=C/C(=O)/C=C/c2cccc(OC)c2OC(F)F)c1. The quantitative estimate of drug-likeness (QED) is 0.646. The number of carbonyl (C=O) groups is 1. The van der Waals surface area contributed by atoms with Crippen LogP contribution in [0.4, 0.5) is 8.78 Å². The highest BCUT2D eigenvalue weighted by atomic mass is 19.3. The van der Waals surface area contributed by atoms with Gasteiger partial charge in [-0.25, -0.2) is 0 Å². The van der Waals surface area contributed by atoms with Gasteiger partial charge in [0.25, 0.3) is 0 Å². The second-order valence-electron chi connectivity index (χ2n) is 5.10. The van der Waals surface area contributed by atoms with Crippen LogP contribution in [0, 0.1) is 0 Å². The van der Waals surface area contributed by atoms with Gasteiger partial charge in [-0.2, -0.15) is 8.78 Å². The summed E-state index contributed by atoms with van der Waals surface area (Å²) in [6.45, 7) is -3.00. The molecule has 0 saturated heterocycles. The average molecular weight is 360 g/mol. The molecule has 0 aliphatic rings. The summed E-state index contributed by atoms with van der Waals surface area (Å²) in [5.74, 6) is 0.414. The number of benzene rings is 2. The van der Waals surface area contributed by atoms with Crippen LogP contribution < -0.4 is 14.2 Å². The number of ether oxygens (including phenoxy) is 3. The van der Waals surface area contributed by atoms with E-state index in [-0.39, 0.29) is 17.3 Å². The fraction of sp³-hybridized carbons (Fsp3) is 0.150. The van der Waals surface area contributed by atoms with Crippen LogP contribution in [-0.4, -0.2) is 26.6 Å². The van der Waals surface area contributed by atoms with Gasteiger partial charge in [0.1, 0.15) is 5.75 Å². The standard InChI is InChI=1S/C20H18F2O4/c1-24-17-7-3-5-14(13-17)9-11-16(23)12-10-15-6-4-8-18(25-2)19(15)26-20(21)22/h3-13,20H,1-2H3/b11-9+,12-10+. The van der Waals surface area contributed by atoms with Crippen molar-refractivity contribution in [1.29, 1.82) is 0 Å². The number of hydrogen-bond acceptors (Lipinski definition) is 4. The maximum absolute atomic E-state index is 12.6. The number of allylic oxidation sites excluding steroid dienone is 2. The fourth-order valence-electron chi connectivity index (χ4n) is 2.19. The minimum absolute atomic E-state index is 0.120. The highest BCUT2D eigenvalue weighted by Crippen LogP contribution is 2.33. The van der Waals surface area contributed by atoms with Crippen LogP contribution in [0.5, 0.6) is 17.2 Å². The molecule has 0 atom stereocenters. The molecule has 0 spiro atoms. The average Bonchev–Trinajstić information content (AvgIpc) is 2.65. The number of alkyl halides is 2. The monoisotopic (exact) mass is 360 g/mol. The van der Waals surface area contributed by atoms with Crippen molar-refractivity contribution in [3.8, 4) is 17.2 Å². The van der Waals surface area contributed by atoms with Crippen LogP contribution in [0.1, 0.15) is 11.1 Å². The van der Waals surface area contributed by atoms with Crippen molar-refractivity contribution in [2.24, 2.45) is 0 Å². The normalized spacial score (nSPS) is 11.3. The lowest BCUT2D eigenvalue weighted by Crippen LogP contribution is -2.05. The van der Waals surface area contributed by atoms with Gasteiger partial charge in [0.05, 0.1) is 14.2 Å². The molecule has 0 radical (unpaired) electrons. The Hall–Kier alpha value is -3.15. The van der Waals surface area contributed by atoms with E-state index < -0.39 is 6.61 Å². The molecule has 2 rings (SSSR count). The van der Waals surface area contributed by atoms with Gasteiger partial charge >= 0.3 is 6.61 Å². The molecule has 0 aromatic heterocycles. The Kier molecular flexibility index (Phi) is 6.91. The molecule has 0 unspecified atom stereocenters. The third kappa shape index (κ3) is 5.44. The van der Waals surface area contributed by atoms with E-state index in [4.69, 9.17) is 9.47 Å². The number of ketones is 1. The van der Waals surface area contributed by atoms with E-state index in [1.165, 1.54) is 31.4 Å². The number of para-hydroxylation sites is 1. The van der Waals surface area contributed by atoms with Crippen LogP contribution in [0.2, 0.25) is 0 Å². The topological polar surface area (TPSA) is 44.8 Å². The Labute approximate surface area is 150 Å². The summed E-state index contributed by atoms with van der Waals surface area (Å²) >= 11 is 0.